The highest BCUT2D eigenvalue weighted by Gasteiger charge is 2.50. The van der Waals surface area contributed by atoms with Crippen LogP contribution in [0.2, 0.25) is 0 Å². The van der Waals surface area contributed by atoms with Crippen LogP contribution in [0, 0.1) is 11.3 Å². The molecule has 1 N–H and O–H groups in total. The standard InChI is InChI=1S/C18H30N2O3/c1-3-23-15-10-18(11-15)7-8-20(12-18)17(22)16(19-13(2)21)9-14-5-4-6-14/h14-16H,3-12H2,1-2H3,(H,19,21)/t15?,16-,18?/m1/s1. The largest absolute Gasteiger partial charge is 0.378 e. The third kappa shape index (κ3) is 3.70. The minimum Gasteiger partial charge on any atom is -0.378 e. The van der Waals surface area contributed by atoms with Crippen molar-refractivity contribution in [1.29, 1.82) is 0 Å². The molecule has 1 spiro atoms. The zero-order chi connectivity index (χ0) is 16.4. The molecule has 1 heterocycles. The molecule has 2 amide bonds. The molecule has 0 unspecified atom stereocenters. The first-order valence-electron chi connectivity index (χ1n) is 9.19. The fourth-order valence-corrected chi connectivity index (χ4v) is 4.47. The number of nitrogens with one attached hydrogen (secondary N) is 1. The number of likely N-dealkylation sites (tertiary alicyclic amines) is 1. The fourth-order valence-electron chi connectivity index (χ4n) is 4.47. The van der Waals surface area contributed by atoms with Gasteiger partial charge in [0.1, 0.15) is 6.04 Å². The normalized spacial score (nSPS) is 31.6. The zero-order valence-corrected chi connectivity index (χ0v) is 14.5. The summed E-state index contributed by atoms with van der Waals surface area (Å²) < 4.78 is 5.67. The van der Waals surface area contributed by atoms with Gasteiger partial charge in [-0.25, -0.2) is 0 Å². The highest BCUT2D eigenvalue weighted by Crippen LogP contribution is 2.49. The Balaban J connectivity index is 1.54. The minimum absolute atomic E-state index is 0.100. The first kappa shape index (κ1) is 16.7. The van der Waals surface area contributed by atoms with Gasteiger partial charge in [-0.05, 0) is 43.9 Å². The van der Waals surface area contributed by atoms with Gasteiger partial charge in [0.25, 0.3) is 0 Å². The van der Waals surface area contributed by atoms with E-state index in [0.29, 0.717) is 12.0 Å². The van der Waals surface area contributed by atoms with E-state index in [1.54, 1.807) is 0 Å². The molecule has 5 nitrogen and oxygen atoms in total. The quantitative estimate of drug-likeness (QED) is 0.815. The van der Waals surface area contributed by atoms with Gasteiger partial charge in [-0.15, -0.1) is 0 Å². The number of amides is 2. The Kier molecular flexibility index (Phi) is 4.95. The number of nitrogens with zero attached hydrogens (tertiary/aromatic N) is 1. The molecule has 2 aliphatic carbocycles. The number of ether oxygens (including phenoxy) is 1. The van der Waals surface area contributed by atoms with Crippen molar-refractivity contribution in [1.82, 2.24) is 10.2 Å². The van der Waals surface area contributed by atoms with Crippen molar-refractivity contribution < 1.29 is 14.3 Å². The summed E-state index contributed by atoms with van der Waals surface area (Å²) in [6, 6.07) is -0.323. The van der Waals surface area contributed by atoms with Crippen molar-refractivity contribution in [2.24, 2.45) is 11.3 Å². The SMILES string of the molecule is CCOC1CC2(CCN(C(=O)[C@@H](CC3CCC3)NC(C)=O)C2)C1. The minimum atomic E-state index is -0.323. The number of hydrogen-bond acceptors (Lipinski definition) is 3. The van der Waals surface area contributed by atoms with Crippen LogP contribution < -0.4 is 5.32 Å². The van der Waals surface area contributed by atoms with E-state index >= 15 is 0 Å². The summed E-state index contributed by atoms with van der Waals surface area (Å²) in [5.74, 6) is 0.638. The third-order valence-electron chi connectivity index (χ3n) is 5.94. The molecule has 1 saturated heterocycles. The van der Waals surface area contributed by atoms with Gasteiger partial charge in [0, 0.05) is 26.6 Å². The number of carbonyl (C=O) groups is 2. The molecule has 1 aliphatic heterocycles. The number of hydrogen-bond donors (Lipinski definition) is 1. The Bertz CT molecular complexity index is 455. The summed E-state index contributed by atoms with van der Waals surface area (Å²) in [6.07, 6.45) is 8.10. The maximum absolute atomic E-state index is 12.9. The molecule has 5 heteroatoms. The molecule has 0 radical (unpaired) electrons. The van der Waals surface area contributed by atoms with Crippen LogP contribution in [0.1, 0.15) is 58.8 Å². The van der Waals surface area contributed by atoms with Gasteiger partial charge in [0.15, 0.2) is 0 Å². The first-order valence-corrected chi connectivity index (χ1v) is 9.19. The van der Waals surface area contributed by atoms with Gasteiger partial charge in [0.2, 0.25) is 11.8 Å². The number of rotatable bonds is 6. The molecular weight excluding hydrogens is 292 g/mol. The summed E-state index contributed by atoms with van der Waals surface area (Å²) in [7, 11) is 0. The van der Waals surface area contributed by atoms with Crippen molar-refractivity contribution in [3.8, 4) is 0 Å². The molecule has 130 valence electrons. The Labute approximate surface area is 139 Å². The second-order valence-corrected chi connectivity index (χ2v) is 7.78. The van der Waals surface area contributed by atoms with Crippen LogP contribution >= 0.6 is 0 Å². The molecule has 0 aromatic carbocycles. The van der Waals surface area contributed by atoms with E-state index in [1.807, 2.05) is 11.8 Å². The second kappa shape index (κ2) is 6.80. The fraction of sp³-hybridized carbons (Fsp3) is 0.889. The van der Waals surface area contributed by atoms with Gasteiger partial charge in [0.05, 0.1) is 6.10 Å². The van der Waals surface area contributed by atoms with Crippen molar-refractivity contribution in [2.75, 3.05) is 19.7 Å². The van der Waals surface area contributed by atoms with E-state index in [4.69, 9.17) is 4.74 Å². The van der Waals surface area contributed by atoms with E-state index in [2.05, 4.69) is 5.32 Å². The molecule has 3 aliphatic rings. The first-order chi connectivity index (χ1) is 11.0. The zero-order valence-electron chi connectivity index (χ0n) is 14.5. The van der Waals surface area contributed by atoms with Gasteiger partial charge < -0.3 is 15.0 Å². The van der Waals surface area contributed by atoms with E-state index in [-0.39, 0.29) is 23.3 Å². The molecule has 3 fully saturated rings. The Morgan fingerprint density at radius 3 is 2.65 bits per heavy atom. The highest BCUT2D eigenvalue weighted by atomic mass is 16.5. The Morgan fingerprint density at radius 1 is 1.35 bits per heavy atom. The summed E-state index contributed by atoms with van der Waals surface area (Å²) in [6.45, 7) is 5.99. The highest BCUT2D eigenvalue weighted by molar-refractivity contribution is 5.87. The Morgan fingerprint density at radius 2 is 2.09 bits per heavy atom. The molecule has 23 heavy (non-hydrogen) atoms. The average molecular weight is 322 g/mol. The molecule has 0 aromatic heterocycles. The van der Waals surface area contributed by atoms with Crippen molar-refractivity contribution in [2.45, 2.75) is 70.9 Å². The van der Waals surface area contributed by atoms with Crippen LogP contribution in [0.15, 0.2) is 0 Å². The number of carbonyl (C=O) groups excluding carboxylic acids is 2. The molecule has 0 bridgehead atoms. The van der Waals surface area contributed by atoms with E-state index in [1.165, 1.54) is 26.2 Å². The summed E-state index contributed by atoms with van der Waals surface area (Å²) >= 11 is 0. The lowest BCUT2D eigenvalue weighted by atomic mass is 9.66. The van der Waals surface area contributed by atoms with E-state index < -0.39 is 0 Å². The topological polar surface area (TPSA) is 58.6 Å². The van der Waals surface area contributed by atoms with Gasteiger partial charge in [-0.1, -0.05) is 19.3 Å². The summed E-state index contributed by atoms with van der Waals surface area (Å²) in [4.78, 5) is 26.3. The lowest BCUT2D eigenvalue weighted by molar-refractivity contribution is -0.137. The van der Waals surface area contributed by atoms with Crippen molar-refractivity contribution in [3.63, 3.8) is 0 Å². The van der Waals surface area contributed by atoms with Crippen LogP contribution in [-0.2, 0) is 14.3 Å². The molecular formula is C18H30N2O3. The average Bonchev–Trinajstić information content (AvgIpc) is 2.85. The second-order valence-electron chi connectivity index (χ2n) is 7.78. The molecule has 2 saturated carbocycles. The summed E-state index contributed by atoms with van der Waals surface area (Å²) in [5.41, 5.74) is 0.284. The van der Waals surface area contributed by atoms with Crippen LogP contribution in [-0.4, -0.2) is 48.6 Å². The summed E-state index contributed by atoms with van der Waals surface area (Å²) in [5, 5.41) is 2.89. The lowest BCUT2D eigenvalue weighted by Gasteiger charge is -2.44. The predicted octanol–water partition coefficient (Wildman–Crippen LogP) is 2.10. The van der Waals surface area contributed by atoms with Crippen LogP contribution in [0.4, 0.5) is 0 Å². The van der Waals surface area contributed by atoms with Gasteiger partial charge in [-0.3, -0.25) is 9.59 Å². The van der Waals surface area contributed by atoms with E-state index in [0.717, 1.165) is 45.4 Å². The van der Waals surface area contributed by atoms with Crippen LogP contribution in [0.25, 0.3) is 0 Å². The smallest absolute Gasteiger partial charge is 0.245 e. The van der Waals surface area contributed by atoms with Crippen molar-refractivity contribution in [3.05, 3.63) is 0 Å². The lowest BCUT2D eigenvalue weighted by Crippen LogP contribution is -2.50. The maximum Gasteiger partial charge on any atom is 0.245 e. The van der Waals surface area contributed by atoms with Gasteiger partial charge >= 0.3 is 0 Å². The molecule has 1 atom stereocenters. The third-order valence-corrected chi connectivity index (χ3v) is 5.94. The maximum atomic E-state index is 12.9. The Hall–Kier alpha value is -1.10. The monoisotopic (exact) mass is 322 g/mol. The van der Waals surface area contributed by atoms with Gasteiger partial charge in [-0.2, -0.15) is 0 Å². The van der Waals surface area contributed by atoms with Crippen LogP contribution in [0.3, 0.4) is 0 Å². The molecule has 0 aromatic rings. The van der Waals surface area contributed by atoms with E-state index in [9.17, 15) is 9.59 Å². The van der Waals surface area contributed by atoms with Crippen LogP contribution in [0.5, 0.6) is 0 Å². The molecule has 3 rings (SSSR count). The van der Waals surface area contributed by atoms with Crippen molar-refractivity contribution >= 4 is 11.8 Å². The predicted molar refractivity (Wildman–Crippen MR) is 87.8 cm³/mol.